The van der Waals surface area contributed by atoms with Gasteiger partial charge in [-0.3, -0.25) is 14.5 Å². The first-order valence-electron chi connectivity index (χ1n) is 10.6. The van der Waals surface area contributed by atoms with E-state index in [1.807, 2.05) is 0 Å². The van der Waals surface area contributed by atoms with Crippen LogP contribution in [0, 0.1) is 0 Å². The van der Waals surface area contributed by atoms with Crippen molar-refractivity contribution in [3.63, 3.8) is 0 Å². The Labute approximate surface area is 209 Å². The molecule has 0 aliphatic carbocycles. The number of fused-ring (bicyclic) bond motifs is 1. The minimum Gasteiger partial charge on any atom is -0.324 e. The average Bonchev–Trinajstić information content (AvgIpc) is 3.11. The van der Waals surface area contributed by atoms with Crippen LogP contribution in [0.5, 0.6) is 0 Å². The van der Waals surface area contributed by atoms with E-state index in [1.54, 1.807) is 0 Å². The third kappa shape index (κ3) is 4.91. The van der Waals surface area contributed by atoms with Crippen molar-refractivity contribution < 1.29 is 44.3 Å². The molecule has 0 saturated carbocycles. The standard InChI is InChI=1S/C23H23F6N3O4S/c1-13(33)32-12-14-11-17(37(4,35)36)9-10-18(14)19(32)20(34)30-16-7-5-15(6-8-16)21(31(2)3,22(24,25)26)23(27,28)29/h5-11,19H,12H2,1-4H3,(H,30,34). The second-order valence-corrected chi connectivity index (χ2v) is 10.9. The minimum absolute atomic E-state index is 0.00916. The summed E-state index contributed by atoms with van der Waals surface area (Å²) in [5.74, 6) is -1.28. The average molecular weight is 552 g/mol. The maximum Gasteiger partial charge on any atom is 0.419 e. The molecule has 0 saturated heterocycles. The Morgan fingerprint density at radius 3 is 1.95 bits per heavy atom. The highest BCUT2D eigenvalue weighted by Gasteiger charge is 2.73. The normalized spacial score (nSPS) is 16.6. The fourth-order valence-electron chi connectivity index (χ4n) is 4.49. The van der Waals surface area contributed by atoms with Crippen molar-refractivity contribution in [1.29, 1.82) is 0 Å². The number of hydrogen-bond acceptors (Lipinski definition) is 5. The van der Waals surface area contributed by atoms with Gasteiger partial charge in [0.1, 0.15) is 6.04 Å². The third-order valence-corrected chi connectivity index (χ3v) is 7.31. The first kappa shape index (κ1) is 28.4. The molecule has 1 unspecified atom stereocenters. The van der Waals surface area contributed by atoms with Gasteiger partial charge in [0.2, 0.25) is 11.4 Å². The first-order chi connectivity index (χ1) is 16.8. The highest BCUT2D eigenvalue weighted by Crippen LogP contribution is 2.53. The Bertz CT molecular complexity index is 1310. The molecule has 1 aliphatic rings. The summed E-state index contributed by atoms with van der Waals surface area (Å²) in [6, 6.07) is 5.89. The quantitative estimate of drug-likeness (QED) is 0.568. The second kappa shape index (κ2) is 9.31. The predicted octanol–water partition coefficient (Wildman–Crippen LogP) is 4.01. The second-order valence-electron chi connectivity index (χ2n) is 8.85. The van der Waals surface area contributed by atoms with Crippen molar-refractivity contribution in [2.75, 3.05) is 25.7 Å². The van der Waals surface area contributed by atoms with E-state index in [9.17, 15) is 44.3 Å². The lowest BCUT2D eigenvalue weighted by Gasteiger charge is -2.42. The zero-order valence-electron chi connectivity index (χ0n) is 20.0. The maximum atomic E-state index is 13.8. The summed E-state index contributed by atoms with van der Waals surface area (Å²) in [7, 11) is -2.23. The fourth-order valence-corrected chi connectivity index (χ4v) is 5.17. The van der Waals surface area contributed by atoms with Gasteiger partial charge in [-0.1, -0.05) is 18.2 Å². The van der Waals surface area contributed by atoms with Gasteiger partial charge in [0.25, 0.3) is 5.91 Å². The van der Waals surface area contributed by atoms with Crippen molar-refractivity contribution in [1.82, 2.24) is 9.80 Å². The number of sulfone groups is 1. The molecule has 1 atom stereocenters. The lowest BCUT2D eigenvalue weighted by molar-refractivity contribution is -0.342. The van der Waals surface area contributed by atoms with Crippen molar-refractivity contribution in [3.8, 4) is 0 Å². The molecule has 0 bridgehead atoms. The molecule has 3 rings (SSSR count). The number of nitrogens with one attached hydrogen (secondary N) is 1. The van der Waals surface area contributed by atoms with Crippen LogP contribution in [0.25, 0.3) is 0 Å². The molecule has 1 aliphatic heterocycles. The number of benzene rings is 2. The van der Waals surface area contributed by atoms with E-state index in [0.717, 1.165) is 18.4 Å². The largest absolute Gasteiger partial charge is 0.419 e. The van der Waals surface area contributed by atoms with Crippen LogP contribution in [0.2, 0.25) is 0 Å². The SMILES string of the molecule is CC(=O)N1Cc2cc(S(C)(=O)=O)ccc2C1C(=O)Nc1ccc(C(N(C)C)(C(F)(F)F)C(F)(F)F)cc1. The maximum absolute atomic E-state index is 13.8. The van der Waals surface area contributed by atoms with Crippen LogP contribution < -0.4 is 5.32 Å². The first-order valence-corrected chi connectivity index (χ1v) is 12.5. The molecule has 202 valence electrons. The molecule has 0 fully saturated rings. The Balaban J connectivity index is 1.96. The van der Waals surface area contributed by atoms with Crippen LogP contribution in [0.3, 0.4) is 0 Å². The molecule has 2 aromatic carbocycles. The molecule has 0 spiro atoms. The van der Waals surface area contributed by atoms with Gasteiger partial charge in [0.05, 0.1) is 4.90 Å². The zero-order chi connectivity index (χ0) is 28.1. The van der Waals surface area contributed by atoms with Gasteiger partial charge >= 0.3 is 12.4 Å². The molecule has 14 heteroatoms. The summed E-state index contributed by atoms with van der Waals surface area (Å²) < 4.78 is 106. The molecule has 7 nitrogen and oxygen atoms in total. The smallest absolute Gasteiger partial charge is 0.324 e. The number of nitrogens with zero attached hydrogens (tertiary/aromatic N) is 2. The van der Waals surface area contributed by atoms with E-state index < -0.39 is 51.1 Å². The van der Waals surface area contributed by atoms with Gasteiger partial charge in [0.15, 0.2) is 9.84 Å². The molecular formula is C23H23F6N3O4S. The summed E-state index contributed by atoms with van der Waals surface area (Å²) in [6.45, 7) is 1.14. The monoisotopic (exact) mass is 551 g/mol. The van der Waals surface area contributed by atoms with Crippen LogP contribution in [-0.2, 0) is 31.5 Å². The Kier molecular flexibility index (Phi) is 7.16. The Morgan fingerprint density at radius 2 is 1.51 bits per heavy atom. The number of anilines is 1. The molecule has 0 radical (unpaired) electrons. The zero-order valence-corrected chi connectivity index (χ0v) is 20.8. The van der Waals surface area contributed by atoms with Crippen molar-refractivity contribution in [3.05, 3.63) is 59.2 Å². The van der Waals surface area contributed by atoms with E-state index in [4.69, 9.17) is 0 Å². The van der Waals surface area contributed by atoms with E-state index in [0.29, 0.717) is 37.4 Å². The van der Waals surface area contributed by atoms with Gasteiger partial charge < -0.3 is 10.2 Å². The fraction of sp³-hybridized carbons (Fsp3) is 0.391. The lowest BCUT2D eigenvalue weighted by Crippen LogP contribution is -2.62. The van der Waals surface area contributed by atoms with Crippen molar-refractivity contribution >= 4 is 27.3 Å². The van der Waals surface area contributed by atoms with Crippen molar-refractivity contribution in [2.45, 2.75) is 42.3 Å². The van der Waals surface area contributed by atoms with E-state index in [1.165, 1.54) is 30.0 Å². The summed E-state index contributed by atoms with van der Waals surface area (Å²) in [6.07, 6.45) is -10.4. The Hall–Kier alpha value is -3.13. The van der Waals surface area contributed by atoms with Crippen LogP contribution >= 0.6 is 0 Å². The lowest BCUT2D eigenvalue weighted by atomic mass is 9.86. The molecule has 37 heavy (non-hydrogen) atoms. The molecular weight excluding hydrogens is 528 g/mol. The van der Waals surface area contributed by atoms with Crippen molar-refractivity contribution in [2.24, 2.45) is 0 Å². The number of alkyl halides is 6. The van der Waals surface area contributed by atoms with E-state index in [2.05, 4.69) is 5.32 Å². The summed E-state index contributed by atoms with van der Waals surface area (Å²) >= 11 is 0. The minimum atomic E-state index is -5.71. The summed E-state index contributed by atoms with van der Waals surface area (Å²) in [5, 5.41) is 2.41. The summed E-state index contributed by atoms with van der Waals surface area (Å²) in [5.41, 5.74) is -4.72. The predicted molar refractivity (Wildman–Crippen MR) is 121 cm³/mol. The number of carbonyl (C=O) groups excluding carboxylic acids is 2. The highest BCUT2D eigenvalue weighted by atomic mass is 32.2. The van der Waals surface area contributed by atoms with Crippen LogP contribution in [-0.4, -0.2) is 62.7 Å². The van der Waals surface area contributed by atoms with Gasteiger partial charge in [-0.05, 0) is 55.1 Å². The van der Waals surface area contributed by atoms with Gasteiger partial charge in [-0.2, -0.15) is 26.3 Å². The molecule has 2 aromatic rings. The topological polar surface area (TPSA) is 86.8 Å². The number of rotatable bonds is 5. The highest BCUT2D eigenvalue weighted by molar-refractivity contribution is 7.90. The van der Waals surface area contributed by atoms with E-state index >= 15 is 0 Å². The Morgan fingerprint density at radius 1 is 0.973 bits per heavy atom. The third-order valence-electron chi connectivity index (χ3n) is 6.20. The van der Waals surface area contributed by atoms with Crippen LogP contribution in [0.4, 0.5) is 32.0 Å². The molecule has 1 heterocycles. The number of amides is 2. The van der Waals surface area contributed by atoms with Gasteiger partial charge in [-0.25, -0.2) is 8.42 Å². The van der Waals surface area contributed by atoms with E-state index in [-0.39, 0.29) is 22.0 Å². The molecule has 1 N–H and O–H groups in total. The number of carbonyl (C=O) groups is 2. The van der Waals surface area contributed by atoms with Crippen LogP contribution in [0.15, 0.2) is 47.4 Å². The van der Waals surface area contributed by atoms with Crippen LogP contribution in [0.1, 0.15) is 29.7 Å². The summed E-state index contributed by atoms with van der Waals surface area (Å²) in [4.78, 5) is 26.5. The molecule has 2 amide bonds. The van der Waals surface area contributed by atoms with Gasteiger partial charge in [0, 0.05) is 25.4 Å². The van der Waals surface area contributed by atoms with Gasteiger partial charge in [-0.15, -0.1) is 0 Å². The molecule has 0 aromatic heterocycles. The number of hydrogen-bond donors (Lipinski definition) is 1. The number of halogens is 6.